The summed E-state index contributed by atoms with van der Waals surface area (Å²) < 4.78 is 5.19. The predicted octanol–water partition coefficient (Wildman–Crippen LogP) is 3.29. The van der Waals surface area contributed by atoms with Gasteiger partial charge in [0, 0.05) is 14.1 Å². The number of thiophene rings is 1. The van der Waals surface area contributed by atoms with E-state index in [1.807, 2.05) is 32.8 Å². The molecule has 0 aliphatic heterocycles. The van der Waals surface area contributed by atoms with Gasteiger partial charge in [-0.15, -0.1) is 11.3 Å². The van der Waals surface area contributed by atoms with Gasteiger partial charge in [0.2, 0.25) is 5.28 Å². The number of esters is 1. The molecule has 0 atom stereocenters. The number of fused-ring (bicyclic) bond motifs is 1. The summed E-state index contributed by atoms with van der Waals surface area (Å²) in [5.41, 5.74) is 0.839. The second-order valence-corrected chi connectivity index (χ2v) is 5.92. The summed E-state index contributed by atoms with van der Waals surface area (Å²) in [5, 5.41) is 1.03. The van der Waals surface area contributed by atoms with Gasteiger partial charge in [0.1, 0.15) is 15.5 Å². The fourth-order valence-corrected chi connectivity index (χ4v) is 3.16. The van der Waals surface area contributed by atoms with Crippen LogP contribution in [0.15, 0.2) is 0 Å². The number of hydrogen-bond donors (Lipinski definition) is 0. The first kappa shape index (κ1) is 15.0. The van der Waals surface area contributed by atoms with Crippen molar-refractivity contribution < 1.29 is 9.53 Å². The Balaban J connectivity index is 2.57. The minimum absolute atomic E-state index is 0.177. The lowest BCUT2D eigenvalue weighted by atomic mass is 10.2. The summed E-state index contributed by atoms with van der Waals surface area (Å²) in [5.74, 6) is 0.400. The van der Waals surface area contributed by atoms with E-state index in [9.17, 15) is 4.79 Å². The molecule has 0 amide bonds. The van der Waals surface area contributed by atoms with E-state index >= 15 is 0 Å². The molecule has 0 aliphatic rings. The number of halogens is 1. The standard InChI is InChI=1S/C13H16ClN3O2S/c1-5-6-19-12(18)9-7(2)8-10(17(3)4)15-13(14)16-11(8)20-9/h5-6H2,1-4H3. The molecule has 2 heterocycles. The number of hydrogen-bond acceptors (Lipinski definition) is 6. The molecule has 0 aromatic carbocycles. The Kier molecular flexibility index (Phi) is 4.45. The second-order valence-electron chi connectivity index (χ2n) is 4.58. The first-order valence-corrected chi connectivity index (χ1v) is 7.46. The number of anilines is 1. The van der Waals surface area contributed by atoms with E-state index in [1.54, 1.807) is 0 Å². The molecule has 0 bridgehead atoms. The first-order chi connectivity index (χ1) is 9.45. The first-order valence-electron chi connectivity index (χ1n) is 6.26. The lowest BCUT2D eigenvalue weighted by Gasteiger charge is -2.12. The van der Waals surface area contributed by atoms with Crippen molar-refractivity contribution in [1.29, 1.82) is 0 Å². The second kappa shape index (κ2) is 5.93. The molecule has 0 N–H and O–H groups in total. The highest BCUT2D eigenvalue weighted by Gasteiger charge is 2.21. The molecule has 5 nitrogen and oxygen atoms in total. The molecule has 0 radical (unpaired) electrons. The van der Waals surface area contributed by atoms with Gasteiger partial charge in [0.15, 0.2) is 0 Å². The Morgan fingerprint density at radius 3 is 2.70 bits per heavy atom. The Bertz CT molecular complexity index is 655. The van der Waals surface area contributed by atoms with Gasteiger partial charge in [-0.2, -0.15) is 4.98 Å². The summed E-state index contributed by atoms with van der Waals surface area (Å²) >= 11 is 7.23. The smallest absolute Gasteiger partial charge is 0.348 e. The molecule has 0 unspecified atom stereocenters. The number of carbonyl (C=O) groups excluding carboxylic acids is 1. The van der Waals surface area contributed by atoms with Gasteiger partial charge in [-0.1, -0.05) is 6.92 Å². The van der Waals surface area contributed by atoms with Crippen molar-refractivity contribution >= 4 is 44.9 Å². The average Bonchev–Trinajstić information content (AvgIpc) is 2.72. The van der Waals surface area contributed by atoms with E-state index in [0.29, 0.717) is 22.1 Å². The van der Waals surface area contributed by atoms with E-state index in [-0.39, 0.29) is 11.3 Å². The minimum atomic E-state index is -0.312. The molecule has 0 saturated heterocycles. The predicted molar refractivity (Wildman–Crippen MR) is 82.1 cm³/mol. The largest absolute Gasteiger partial charge is 0.462 e. The molecule has 0 spiro atoms. The molecule has 0 aliphatic carbocycles. The molecule has 20 heavy (non-hydrogen) atoms. The fraction of sp³-hybridized carbons (Fsp3) is 0.462. The molecule has 108 valence electrons. The summed E-state index contributed by atoms with van der Waals surface area (Å²) in [4.78, 5) is 23.6. The highest BCUT2D eigenvalue weighted by atomic mass is 35.5. The zero-order chi connectivity index (χ0) is 14.9. The van der Waals surface area contributed by atoms with Crippen LogP contribution in [0.1, 0.15) is 28.6 Å². The fourth-order valence-electron chi connectivity index (χ4n) is 1.87. The SMILES string of the molecule is CCCOC(=O)c1sc2nc(Cl)nc(N(C)C)c2c1C. The van der Waals surface area contributed by atoms with Crippen LogP contribution >= 0.6 is 22.9 Å². The van der Waals surface area contributed by atoms with E-state index in [2.05, 4.69) is 9.97 Å². The van der Waals surface area contributed by atoms with Crippen molar-refractivity contribution in [1.82, 2.24) is 9.97 Å². The van der Waals surface area contributed by atoms with Gasteiger partial charge in [0.05, 0.1) is 12.0 Å². The number of aryl methyl sites for hydroxylation is 1. The molecule has 2 aromatic rings. The average molecular weight is 314 g/mol. The summed E-state index contributed by atoms with van der Waals surface area (Å²) in [6.45, 7) is 4.26. The van der Waals surface area contributed by atoms with Gasteiger partial charge in [0.25, 0.3) is 0 Å². The third-order valence-corrected chi connectivity index (χ3v) is 4.12. The maximum atomic E-state index is 12.1. The monoisotopic (exact) mass is 313 g/mol. The number of carbonyl (C=O) groups is 1. The lowest BCUT2D eigenvalue weighted by molar-refractivity contribution is 0.0510. The Hall–Kier alpha value is -1.40. The molecule has 2 rings (SSSR count). The third-order valence-electron chi connectivity index (χ3n) is 2.79. The van der Waals surface area contributed by atoms with Crippen LogP contribution in [0.25, 0.3) is 10.2 Å². The Morgan fingerprint density at radius 2 is 2.10 bits per heavy atom. The van der Waals surface area contributed by atoms with Crippen LogP contribution in [0, 0.1) is 6.92 Å². The van der Waals surface area contributed by atoms with E-state index in [4.69, 9.17) is 16.3 Å². The number of nitrogens with zero attached hydrogens (tertiary/aromatic N) is 3. The maximum Gasteiger partial charge on any atom is 0.348 e. The van der Waals surface area contributed by atoms with Gasteiger partial charge in [-0.3, -0.25) is 0 Å². The van der Waals surface area contributed by atoms with Crippen molar-refractivity contribution in [3.63, 3.8) is 0 Å². The molecule has 2 aromatic heterocycles. The van der Waals surface area contributed by atoms with Gasteiger partial charge in [-0.05, 0) is 30.5 Å². The van der Waals surface area contributed by atoms with Crippen molar-refractivity contribution in [2.24, 2.45) is 0 Å². The number of rotatable bonds is 4. The summed E-state index contributed by atoms with van der Waals surface area (Å²) in [6.07, 6.45) is 0.796. The normalized spacial score (nSPS) is 10.8. The van der Waals surface area contributed by atoms with Crippen molar-refractivity contribution in [2.75, 3.05) is 25.6 Å². The van der Waals surface area contributed by atoms with E-state index in [0.717, 1.165) is 17.4 Å². The van der Waals surface area contributed by atoms with E-state index < -0.39 is 0 Å². The van der Waals surface area contributed by atoms with Gasteiger partial charge in [-0.25, -0.2) is 9.78 Å². The van der Waals surface area contributed by atoms with Crippen molar-refractivity contribution in [2.45, 2.75) is 20.3 Å². The quantitative estimate of drug-likeness (QED) is 0.640. The van der Waals surface area contributed by atoms with Crippen LogP contribution in [0.4, 0.5) is 5.82 Å². The zero-order valence-electron chi connectivity index (χ0n) is 11.9. The Labute approximate surface area is 126 Å². The topological polar surface area (TPSA) is 55.3 Å². The summed E-state index contributed by atoms with van der Waals surface area (Å²) in [6, 6.07) is 0. The lowest BCUT2D eigenvalue weighted by Crippen LogP contribution is -2.12. The third kappa shape index (κ3) is 2.71. The maximum absolute atomic E-state index is 12.1. The molecular weight excluding hydrogens is 298 g/mol. The summed E-state index contributed by atoms with van der Waals surface area (Å²) in [7, 11) is 3.76. The van der Waals surface area contributed by atoms with Gasteiger partial charge >= 0.3 is 5.97 Å². The molecule has 0 fully saturated rings. The van der Waals surface area contributed by atoms with Crippen LogP contribution in [0.3, 0.4) is 0 Å². The highest BCUT2D eigenvalue weighted by Crippen LogP contribution is 2.35. The number of ether oxygens (including phenoxy) is 1. The van der Waals surface area contributed by atoms with Crippen LogP contribution in [0.2, 0.25) is 5.28 Å². The van der Waals surface area contributed by atoms with Crippen LogP contribution in [0.5, 0.6) is 0 Å². The van der Waals surface area contributed by atoms with Crippen molar-refractivity contribution in [3.05, 3.63) is 15.7 Å². The minimum Gasteiger partial charge on any atom is -0.462 e. The molecule has 0 saturated carbocycles. The number of aromatic nitrogens is 2. The van der Waals surface area contributed by atoms with Crippen LogP contribution < -0.4 is 4.90 Å². The van der Waals surface area contributed by atoms with Crippen LogP contribution in [-0.2, 0) is 4.74 Å². The zero-order valence-corrected chi connectivity index (χ0v) is 13.4. The van der Waals surface area contributed by atoms with E-state index in [1.165, 1.54) is 11.3 Å². The van der Waals surface area contributed by atoms with Crippen LogP contribution in [-0.4, -0.2) is 36.6 Å². The van der Waals surface area contributed by atoms with Gasteiger partial charge < -0.3 is 9.64 Å². The van der Waals surface area contributed by atoms with Crippen molar-refractivity contribution in [3.8, 4) is 0 Å². The Morgan fingerprint density at radius 1 is 1.40 bits per heavy atom. The molecular formula is C13H16ClN3O2S. The highest BCUT2D eigenvalue weighted by molar-refractivity contribution is 7.20. The molecule has 7 heteroatoms.